The number of carbonyl (C=O) groups is 1. The Morgan fingerprint density at radius 1 is 0.939 bits per heavy atom. The summed E-state index contributed by atoms with van der Waals surface area (Å²) in [4.78, 5) is 21.7. The first-order valence-electron chi connectivity index (χ1n) is 11.4. The van der Waals surface area contributed by atoms with Gasteiger partial charge in [0.05, 0.1) is 18.7 Å². The minimum Gasteiger partial charge on any atom is -0.497 e. The van der Waals surface area contributed by atoms with Crippen LogP contribution in [0.3, 0.4) is 0 Å². The van der Waals surface area contributed by atoms with E-state index in [1.165, 1.54) is 0 Å². The molecule has 0 atom stereocenters. The van der Waals surface area contributed by atoms with Crippen LogP contribution < -0.4 is 10.2 Å². The number of hydroxylamine groups is 1. The normalized spacial score (nSPS) is 17.0. The second-order valence-corrected chi connectivity index (χ2v) is 8.64. The van der Waals surface area contributed by atoms with Crippen molar-refractivity contribution in [3.8, 4) is 5.75 Å². The first-order valence-corrected chi connectivity index (χ1v) is 11.4. The lowest BCUT2D eigenvalue weighted by Crippen LogP contribution is -2.48. The van der Waals surface area contributed by atoms with E-state index in [4.69, 9.17) is 9.57 Å². The number of likely N-dealkylation sites (tertiary alicyclic amines) is 1. The molecule has 33 heavy (non-hydrogen) atoms. The molecule has 2 aliphatic heterocycles. The number of ether oxygens (including phenoxy) is 1. The number of rotatable bonds is 5. The summed E-state index contributed by atoms with van der Waals surface area (Å²) < 4.78 is 5.35. The number of nitrogens with one attached hydrogen (secondary N) is 1. The third-order valence-corrected chi connectivity index (χ3v) is 6.59. The highest BCUT2D eigenvalue weighted by Gasteiger charge is 2.41. The fourth-order valence-corrected chi connectivity index (χ4v) is 4.71. The first-order chi connectivity index (χ1) is 16.2. The van der Waals surface area contributed by atoms with Gasteiger partial charge in [0, 0.05) is 31.5 Å². The van der Waals surface area contributed by atoms with Crippen molar-refractivity contribution in [1.29, 1.82) is 0 Å². The lowest BCUT2D eigenvalue weighted by molar-refractivity contribution is -0.137. The Bertz CT molecular complexity index is 1100. The maximum atomic E-state index is 13.7. The number of amides is 1. The monoisotopic (exact) mass is 440 g/mol. The smallest absolute Gasteiger partial charge is 0.234 e. The molecule has 2 aliphatic rings. The molecule has 0 radical (unpaired) electrons. The van der Waals surface area contributed by atoms with Gasteiger partial charge in [-0.25, -0.2) is 0 Å². The molecule has 168 valence electrons. The van der Waals surface area contributed by atoms with Crippen LogP contribution in [0.2, 0.25) is 0 Å². The predicted octanol–water partition coefficient (Wildman–Crippen LogP) is 4.76. The molecule has 2 heterocycles. The van der Waals surface area contributed by atoms with E-state index in [0.717, 1.165) is 41.0 Å². The summed E-state index contributed by atoms with van der Waals surface area (Å²) in [6, 6.07) is 28.0. The van der Waals surface area contributed by atoms with Crippen molar-refractivity contribution in [2.45, 2.75) is 24.4 Å². The SMILES string of the molecule is COc1cccc(C2=CC3(CCN(C(=O)C(c4ccccc4)c4ccccc4)CC3)ON2)c1. The summed E-state index contributed by atoms with van der Waals surface area (Å²) in [5.74, 6) is 0.654. The van der Waals surface area contributed by atoms with E-state index >= 15 is 0 Å². The molecule has 0 aliphatic carbocycles. The second kappa shape index (κ2) is 9.12. The average Bonchev–Trinajstić information content (AvgIpc) is 3.29. The molecule has 3 aromatic rings. The third-order valence-electron chi connectivity index (χ3n) is 6.59. The fourth-order valence-electron chi connectivity index (χ4n) is 4.71. The van der Waals surface area contributed by atoms with Gasteiger partial charge in [-0.15, -0.1) is 0 Å². The minimum atomic E-state index is -0.399. The van der Waals surface area contributed by atoms with E-state index in [2.05, 4.69) is 11.6 Å². The summed E-state index contributed by atoms with van der Waals surface area (Å²) in [7, 11) is 1.67. The summed E-state index contributed by atoms with van der Waals surface area (Å²) in [5.41, 5.74) is 6.72. The van der Waals surface area contributed by atoms with Gasteiger partial charge in [0.1, 0.15) is 11.4 Å². The van der Waals surface area contributed by atoms with Gasteiger partial charge >= 0.3 is 0 Å². The molecule has 1 spiro atoms. The Balaban J connectivity index is 1.33. The lowest BCUT2D eigenvalue weighted by atomic mass is 9.86. The molecule has 1 N–H and O–H groups in total. The van der Waals surface area contributed by atoms with Crippen molar-refractivity contribution in [3.63, 3.8) is 0 Å². The van der Waals surface area contributed by atoms with E-state index in [1.54, 1.807) is 7.11 Å². The fraction of sp³-hybridized carbons (Fsp3) is 0.250. The quantitative estimate of drug-likeness (QED) is 0.621. The number of piperidine rings is 1. The second-order valence-electron chi connectivity index (χ2n) is 8.64. The van der Waals surface area contributed by atoms with Gasteiger partial charge in [0.15, 0.2) is 0 Å². The molecular weight excluding hydrogens is 412 g/mol. The van der Waals surface area contributed by atoms with Crippen molar-refractivity contribution in [3.05, 3.63) is 108 Å². The number of carbonyl (C=O) groups excluding carboxylic acids is 1. The highest BCUT2D eigenvalue weighted by atomic mass is 16.7. The van der Waals surface area contributed by atoms with Crippen molar-refractivity contribution < 1.29 is 14.4 Å². The van der Waals surface area contributed by atoms with Gasteiger partial charge in [-0.05, 0) is 29.3 Å². The van der Waals surface area contributed by atoms with Crippen LogP contribution in [0.25, 0.3) is 5.70 Å². The van der Waals surface area contributed by atoms with Crippen LogP contribution in [0.4, 0.5) is 0 Å². The van der Waals surface area contributed by atoms with Gasteiger partial charge < -0.3 is 9.64 Å². The summed E-state index contributed by atoms with van der Waals surface area (Å²) >= 11 is 0. The van der Waals surface area contributed by atoms with Crippen molar-refractivity contribution in [2.75, 3.05) is 20.2 Å². The molecule has 5 heteroatoms. The summed E-state index contributed by atoms with van der Waals surface area (Å²) in [6.45, 7) is 1.30. The molecule has 5 nitrogen and oxygen atoms in total. The van der Waals surface area contributed by atoms with Gasteiger partial charge in [-0.2, -0.15) is 0 Å². The molecule has 1 fully saturated rings. The number of methoxy groups -OCH3 is 1. The van der Waals surface area contributed by atoms with Crippen LogP contribution in [0.1, 0.15) is 35.4 Å². The van der Waals surface area contributed by atoms with E-state index in [0.29, 0.717) is 13.1 Å². The molecule has 1 amide bonds. The standard InChI is InChI=1S/C28H28N2O3/c1-32-24-14-8-13-23(19-24)25-20-28(33-29-25)15-17-30(18-16-28)27(31)26(21-9-4-2-5-10-21)22-11-6-3-7-12-22/h2-14,19-20,26,29H,15-18H2,1H3. The molecule has 0 unspecified atom stereocenters. The first kappa shape index (κ1) is 21.3. The van der Waals surface area contributed by atoms with Gasteiger partial charge in [0.25, 0.3) is 0 Å². The van der Waals surface area contributed by atoms with Crippen LogP contribution in [0.15, 0.2) is 91.0 Å². The van der Waals surface area contributed by atoms with E-state index < -0.39 is 5.60 Å². The number of nitrogens with zero attached hydrogens (tertiary/aromatic N) is 1. The maximum Gasteiger partial charge on any atom is 0.234 e. The van der Waals surface area contributed by atoms with Crippen molar-refractivity contribution in [1.82, 2.24) is 10.4 Å². The number of hydrogen-bond donors (Lipinski definition) is 1. The van der Waals surface area contributed by atoms with Gasteiger partial charge in [0.2, 0.25) is 5.91 Å². The predicted molar refractivity (Wildman–Crippen MR) is 128 cm³/mol. The Labute approximate surface area is 194 Å². The zero-order valence-corrected chi connectivity index (χ0v) is 18.7. The summed E-state index contributed by atoms with van der Waals surface area (Å²) in [5, 5.41) is 0. The average molecular weight is 441 g/mol. The maximum absolute atomic E-state index is 13.7. The van der Waals surface area contributed by atoms with Crippen LogP contribution in [-0.2, 0) is 9.63 Å². The van der Waals surface area contributed by atoms with Crippen LogP contribution in [0.5, 0.6) is 5.75 Å². The largest absolute Gasteiger partial charge is 0.497 e. The molecular formula is C28H28N2O3. The van der Waals surface area contributed by atoms with E-state index in [-0.39, 0.29) is 11.8 Å². The Morgan fingerprint density at radius 3 is 2.18 bits per heavy atom. The molecule has 1 saturated heterocycles. The van der Waals surface area contributed by atoms with Crippen molar-refractivity contribution in [2.24, 2.45) is 0 Å². The zero-order valence-electron chi connectivity index (χ0n) is 18.7. The van der Waals surface area contributed by atoms with Crippen LogP contribution >= 0.6 is 0 Å². The topological polar surface area (TPSA) is 50.8 Å². The van der Waals surface area contributed by atoms with E-state index in [9.17, 15) is 4.79 Å². The zero-order chi connectivity index (χ0) is 22.7. The summed E-state index contributed by atoms with van der Waals surface area (Å²) in [6.07, 6.45) is 3.65. The Morgan fingerprint density at radius 2 is 1.58 bits per heavy atom. The van der Waals surface area contributed by atoms with Gasteiger partial charge in [-0.3, -0.25) is 15.1 Å². The van der Waals surface area contributed by atoms with E-state index in [1.807, 2.05) is 89.8 Å². The molecule has 0 bridgehead atoms. The highest BCUT2D eigenvalue weighted by Crippen LogP contribution is 2.37. The molecule has 5 rings (SSSR count). The molecule has 0 saturated carbocycles. The Hall–Kier alpha value is -3.57. The third kappa shape index (κ3) is 4.37. The van der Waals surface area contributed by atoms with Gasteiger partial charge in [-0.1, -0.05) is 72.8 Å². The number of benzene rings is 3. The van der Waals surface area contributed by atoms with Crippen molar-refractivity contribution >= 4 is 11.6 Å². The van der Waals surface area contributed by atoms with Crippen LogP contribution in [-0.4, -0.2) is 36.6 Å². The highest BCUT2D eigenvalue weighted by molar-refractivity contribution is 5.87. The number of hydrogen-bond acceptors (Lipinski definition) is 4. The Kier molecular flexibility index (Phi) is 5.88. The molecule has 3 aromatic carbocycles. The molecule has 0 aromatic heterocycles. The van der Waals surface area contributed by atoms with Crippen LogP contribution in [0, 0.1) is 0 Å². The lowest BCUT2D eigenvalue weighted by Gasteiger charge is -2.38. The minimum absolute atomic E-state index is 0.144.